The highest BCUT2D eigenvalue weighted by atomic mass is 35.5. The third kappa shape index (κ3) is 2.89. The lowest BCUT2D eigenvalue weighted by Crippen LogP contribution is -2.23. The fraction of sp³-hybridized carbons (Fsp3) is 0.200. The Morgan fingerprint density at radius 3 is 2.65 bits per heavy atom. The first-order valence-electron chi connectivity index (χ1n) is 6.51. The maximum absolute atomic E-state index is 12.0. The number of allylic oxidation sites excluding steroid dienone is 3. The molecule has 2 rings (SSSR count). The van der Waals surface area contributed by atoms with Crippen LogP contribution in [0.2, 0.25) is 5.02 Å². The van der Waals surface area contributed by atoms with Gasteiger partial charge in [-0.1, -0.05) is 11.6 Å². The van der Waals surface area contributed by atoms with Gasteiger partial charge in [0.1, 0.15) is 17.4 Å². The van der Waals surface area contributed by atoms with Gasteiger partial charge >= 0.3 is 0 Å². The molecule has 8 heteroatoms. The van der Waals surface area contributed by atoms with E-state index in [2.05, 4.69) is 0 Å². The Bertz CT molecular complexity index is 821. The molecule has 0 spiro atoms. The number of hydrogen-bond donors (Lipinski definition) is 1. The molecule has 0 aromatic heterocycles. The van der Waals surface area contributed by atoms with E-state index < -0.39 is 10.8 Å². The second-order valence-corrected chi connectivity index (χ2v) is 5.32. The number of rotatable bonds is 3. The molecule has 1 atom stereocenters. The number of nitriles is 1. The molecule has 1 heterocycles. The van der Waals surface area contributed by atoms with E-state index in [1.54, 1.807) is 6.92 Å². The van der Waals surface area contributed by atoms with Crippen molar-refractivity contribution in [2.24, 2.45) is 5.73 Å². The monoisotopic (exact) mass is 333 g/mol. The van der Waals surface area contributed by atoms with Gasteiger partial charge in [-0.3, -0.25) is 14.9 Å². The Morgan fingerprint density at radius 2 is 2.17 bits per heavy atom. The first-order chi connectivity index (χ1) is 10.8. The van der Waals surface area contributed by atoms with Gasteiger partial charge in [0, 0.05) is 17.7 Å². The molecule has 23 heavy (non-hydrogen) atoms. The maximum Gasteiger partial charge on any atom is 0.270 e. The van der Waals surface area contributed by atoms with E-state index in [1.807, 2.05) is 6.07 Å². The summed E-state index contributed by atoms with van der Waals surface area (Å²) in [7, 11) is 0. The van der Waals surface area contributed by atoms with E-state index in [0.717, 1.165) is 0 Å². The minimum atomic E-state index is -0.820. The first kappa shape index (κ1) is 16.5. The summed E-state index contributed by atoms with van der Waals surface area (Å²) in [5.41, 5.74) is 6.21. The zero-order chi connectivity index (χ0) is 17.3. The number of nitro groups is 1. The molecular formula is C15H12ClN3O4. The van der Waals surface area contributed by atoms with E-state index >= 15 is 0 Å². The quantitative estimate of drug-likeness (QED) is 0.670. The molecule has 1 aromatic rings. The molecule has 118 valence electrons. The lowest BCUT2D eigenvalue weighted by molar-refractivity contribution is -0.384. The lowest BCUT2D eigenvalue weighted by atomic mass is 9.81. The van der Waals surface area contributed by atoms with Crippen molar-refractivity contribution in [1.29, 1.82) is 5.26 Å². The SMILES string of the molecule is CC(=O)C1=C(C)OC(N)=C(C#N)[C@@H]1c1ccc([N+](=O)[O-])cc1Cl. The summed E-state index contributed by atoms with van der Waals surface area (Å²) in [6, 6.07) is 5.77. The number of nitro benzene ring substituents is 1. The van der Waals surface area contributed by atoms with E-state index in [0.29, 0.717) is 5.56 Å². The third-order valence-electron chi connectivity index (χ3n) is 3.49. The van der Waals surface area contributed by atoms with Crippen molar-refractivity contribution in [1.82, 2.24) is 0 Å². The van der Waals surface area contributed by atoms with Crippen LogP contribution in [0.25, 0.3) is 0 Å². The zero-order valence-electron chi connectivity index (χ0n) is 12.3. The van der Waals surface area contributed by atoms with Gasteiger partial charge in [-0.05, 0) is 25.5 Å². The average Bonchev–Trinajstić information content (AvgIpc) is 2.45. The smallest absolute Gasteiger partial charge is 0.270 e. The van der Waals surface area contributed by atoms with E-state index in [1.165, 1.54) is 25.1 Å². The fourth-order valence-corrected chi connectivity index (χ4v) is 2.79. The Morgan fingerprint density at radius 1 is 1.52 bits per heavy atom. The summed E-state index contributed by atoms with van der Waals surface area (Å²) >= 11 is 6.14. The molecule has 1 aliphatic heterocycles. The van der Waals surface area contributed by atoms with Crippen molar-refractivity contribution in [3.05, 3.63) is 61.7 Å². The molecule has 2 N–H and O–H groups in total. The second kappa shape index (κ2) is 6.10. The predicted octanol–water partition coefficient (Wildman–Crippen LogP) is 2.92. The van der Waals surface area contributed by atoms with Gasteiger partial charge < -0.3 is 10.5 Å². The maximum atomic E-state index is 12.0. The summed E-state index contributed by atoms with van der Waals surface area (Å²) in [6.45, 7) is 2.90. The van der Waals surface area contributed by atoms with Crippen molar-refractivity contribution >= 4 is 23.1 Å². The van der Waals surface area contributed by atoms with Crippen LogP contribution in [0.4, 0.5) is 5.69 Å². The van der Waals surface area contributed by atoms with Crippen molar-refractivity contribution in [2.45, 2.75) is 19.8 Å². The molecule has 0 saturated carbocycles. The summed E-state index contributed by atoms with van der Waals surface area (Å²) in [5, 5.41) is 20.2. The van der Waals surface area contributed by atoms with Crippen LogP contribution in [-0.2, 0) is 9.53 Å². The standard InChI is InChI=1S/C15H12ClN3O4/c1-7(20)13-8(2)23-15(18)11(6-17)14(13)10-4-3-9(19(21)22)5-12(10)16/h3-5,14H,18H2,1-2H3/t14-/m0/s1. The van der Waals surface area contributed by atoms with Crippen LogP contribution in [0, 0.1) is 21.4 Å². The van der Waals surface area contributed by atoms with Gasteiger partial charge in [-0.25, -0.2) is 0 Å². The minimum absolute atomic E-state index is 0.0385. The molecule has 0 saturated heterocycles. The Kier molecular flexibility index (Phi) is 4.38. The van der Waals surface area contributed by atoms with Crippen LogP contribution in [0.5, 0.6) is 0 Å². The lowest BCUT2D eigenvalue weighted by Gasteiger charge is -2.27. The Hall–Kier alpha value is -2.85. The molecular weight excluding hydrogens is 322 g/mol. The number of carbonyl (C=O) groups is 1. The number of carbonyl (C=O) groups excluding carboxylic acids is 1. The fourth-order valence-electron chi connectivity index (χ4n) is 2.51. The highest BCUT2D eigenvalue weighted by Crippen LogP contribution is 2.42. The number of nitrogens with zero attached hydrogens (tertiary/aromatic N) is 2. The first-order valence-corrected chi connectivity index (χ1v) is 6.88. The van der Waals surface area contributed by atoms with E-state index in [9.17, 15) is 20.2 Å². The summed E-state index contributed by atoms with van der Waals surface area (Å²) in [5.74, 6) is -0.968. The van der Waals surface area contributed by atoms with Crippen LogP contribution in [-0.4, -0.2) is 10.7 Å². The highest BCUT2D eigenvalue weighted by Gasteiger charge is 2.35. The van der Waals surface area contributed by atoms with Gasteiger partial charge in [0.05, 0.1) is 15.9 Å². The normalized spacial score (nSPS) is 17.6. The molecule has 0 bridgehead atoms. The topological polar surface area (TPSA) is 119 Å². The van der Waals surface area contributed by atoms with Crippen LogP contribution < -0.4 is 5.73 Å². The van der Waals surface area contributed by atoms with Gasteiger partial charge in [0.25, 0.3) is 5.69 Å². The number of Topliss-reactive ketones (excluding diaryl/α,β-unsaturated/α-hetero) is 1. The van der Waals surface area contributed by atoms with Gasteiger partial charge in [-0.15, -0.1) is 0 Å². The zero-order valence-corrected chi connectivity index (χ0v) is 13.0. The number of halogens is 1. The molecule has 0 aliphatic carbocycles. The van der Waals surface area contributed by atoms with Crippen LogP contribution in [0.1, 0.15) is 25.3 Å². The number of ether oxygens (including phenoxy) is 1. The molecule has 7 nitrogen and oxygen atoms in total. The van der Waals surface area contributed by atoms with Crippen LogP contribution >= 0.6 is 11.6 Å². The predicted molar refractivity (Wildman–Crippen MR) is 82.1 cm³/mol. The number of hydrogen-bond acceptors (Lipinski definition) is 6. The molecule has 1 aliphatic rings. The molecule has 0 fully saturated rings. The number of non-ortho nitro benzene ring substituents is 1. The van der Waals surface area contributed by atoms with Gasteiger partial charge in [-0.2, -0.15) is 5.26 Å². The van der Waals surface area contributed by atoms with Gasteiger partial charge in [0.2, 0.25) is 5.88 Å². The second-order valence-electron chi connectivity index (χ2n) is 4.91. The molecule has 0 amide bonds. The van der Waals surface area contributed by atoms with Crippen LogP contribution in [0.15, 0.2) is 41.0 Å². The van der Waals surface area contributed by atoms with Crippen LogP contribution in [0.3, 0.4) is 0 Å². The van der Waals surface area contributed by atoms with Gasteiger partial charge in [0.15, 0.2) is 5.78 Å². The largest absolute Gasteiger partial charge is 0.445 e. The highest BCUT2D eigenvalue weighted by molar-refractivity contribution is 6.31. The molecule has 1 aromatic carbocycles. The molecule has 0 radical (unpaired) electrons. The van der Waals surface area contributed by atoms with E-state index in [4.69, 9.17) is 22.1 Å². The van der Waals surface area contributed by atoms with Crippen molar-refractivity contribution < 1.29 is 14.5 Å². The average molecular weight is 334 g/mol. The third-order valence-corrected chi connectivity index (χ3v) is 3.82. The number of ketones is 1. The number of nitrogens with two attached hydrogens (primary N) is 1. The summed E-state index contributed by atoms with van der Waals surface area (Å²) in [6.07, 6.45) is 0. The minimum Gasteiger partial charge on any atom is -0.445 e. The van der Waals surface area contributed by atoms with Crippen molar-refractivity contribution in [2.75, 3.05) is 0 Å². The number of benzene rings is 1. The molecule has 0 unspecified atom stereocenters. The Balaban J connectivity index is 2.70. The Labute approximate surface area is 136 Å². The summed E-state index contributed by atoms with van der Waals surface area (Å²) < 4.78 is 5.26. The summed E-state index contributed by atoms with van der Waals surface area (Å²) in [4.78, 5) is 22.2. The van der Waals surface area contributed by atoms with Crippen molar-refractivity contribution in [3.8, 4) is 6.07 Å². The van der Waals surface area contributed by atoms with Crippen molar-refractivity contribution in [3.63, 3.8) is 0 Å². The van der Waals surface area contributed by atoms with E-state index in [-0.39, 0.29) is 39.3 Å².